The normalized spacial score (nSPS) is 14.9. The van der Waals surface area contributed by atoms with E-state index in [1.54, 1.807) is 19.1 Å². The zero-order chi connectivity index (χ0) is 26.0. The van der Waals surface area contributed by atoms with Gasteiger partial charge in [-0.15, -0.1) is 0 Å². The third kappa shape index (κ3) is 5.34. The first-order valence-corrected chi connectivity index (χ1v) is 12.2. The number of hydrogen-bond donors (Lipinski definition) is 0. The molecule has 3 aromatic rings. The van der Waals surface area contributed by atoms with Crippen LogP contribution in [0.5, 0.6) is 11.5 Å². The SMILES string of the molecule is COc1cc(/C=C2\C(=O)N(c3cccc(C(F)(F)F)c3)N=C2C)c(Br)c(Br)c1OCc1ccccc1. The van der Waals surface area contributed by atoms with Gasteiger partial charge in [-0.05, 0) is 80.3 Å². The Bertz CT molecular complexity index is 1370. The van der Waals surface area contributed by atoms with Gasteiger partial charge in [-0.25, -0.2) is 0 Å². The van der Waals surface area contributed by atoms with Gasteiger partial charge in [-0.2, -0.15) is 23.3 Å². The molecule has 0 N–H and O–H groups in total. The maximum Gasteiger partial charge on any atom is 0.416 e. The molecule has 0 aliphatic carbocycles. The van der Waals surface area contributed by atoms with E-state index in [2.05, 4.69) is 37.0 Å². The van der Waals surface area contributed by atoms with Crippen molar-refractivity contribution in [3.63, 3.8) is 0 Å². The number of halogens is 5. The third-order valence-corrected chi connectivity index (χ3v) is 7.53. The Morgan fingerprint density at radius 1 is 1.03 bits per heavy atom. The first kappa shape index (κ1) is 26.0. The van der Waals surface area contributed by atoms with E-state index >= 15 is 0 Å². The van der Waals surface area contributed by atoms with Crippen molar-refractivity contribution in [1.29, 1.82) is 0 Å². The second-order valence-corrected chi connectivity index (χ2v) is 9.39. The number of carbonyl (C=O) groups excluding carboxylic acids is 1. The molecule has 0 aromatic heterocycles. The molecule has 0 bridgehead atoms. The summed E-state index contributed by atoms with van der Waals surface area (Å²) in [5, 5.41) is 5.16. The van der Waals surface area contributed by atoms with Crippen molar-refractivity contribution in [3.8, 4) is 11.5 Å². The third-order valence-electron chi connectivity index (χ3n) is 5.38. The van der Waals surface area contributed by atoms with Crippen molar-refractivity contribution >= 4 is 55.2 Å². The van der Waals surface area contributed by atoms with E-state index in [1.807, 2.05) is 30.3 Å². The van der Waals surface area contributed by atoms with E-state index in [1.165, 1.54) is 19.2 Å². The van der Waals surface area contributed by atoms with Gasteiger partial charge in [0.2, 0.25) is 0 Å². The van der Waals surface area contributed by atoms with Crippen LogP contribution in [0.25, 0.3) is 6.08 Å². The number of rotatable bonds is 6. The largest absolute Gasteiger partial charge is 0.493 e. The minimum Gasteiger partial charge on any atom is -0.493 e. The van der Waals surface area contributed by atoms with Crippen LogP contribution in [-0.2, 0) is 17.6 Å². The van der Waals surface area contributed by atoms with Crippen LogP contribution in [-0.4, -0.2) is 18.7 Å². The summed E-state index contributed by atoms with van der Waals surface area (Å²) >= 11 is 7.08. The van der Waals surface area contributed by atoms with Crippen LogP contribution >= 0.6 is 31.9 Å². The molecule has 1 aliphatic rings. The molecule has 0 radical (unpaired) electrons. The molecule has 5 nitrogen and oxygen atoms in total. The number of hydrogen-bond acceptors (Lipinski definition) is 4. The summed E-state index contributed by atoms with van der Waals surface area (Å²) in [6, 6.07) is 15.8. The minimum absolute atomic E-state index is 0.0278. The fourth-order valence-corrected chi connectivity index (χ4v) is 4.50. The number of benzene rings is 3. The van der Waals surface area contributed by atoms with Gasteiger partial charge in [-0.3, -0.25) is 4.79 Å². The van der Waals surface area contributed by atoms with Crippen LogP contribution < -0.4 is 14.5 Å². The maximum absolute atomic E-state index is 13.1. The highest BCUT2D eigenvalue weighted by molar-refractivity contribution is 9.13. The van der Waals surface area contributed by atoms with E-state index in [4.69, 9.17) is 9.47 Å². The zero-order valence-electron chi connectivity index (χ0n) is 19.1. The average Bonchev–Trinajstić information content (AvgIpc) is 3.14. The summed E-state index contributed by atoms with van der Waals surface area (Å²) in [6.07, 6.45) is -2.93. The van der Waals surface area contributed by atoms with Crippen LogP contribution in [0, 0.1) is 0 Å². The number of anilines is 1. The molecular formula is C26H19Br2F3N2O3. The summed E-state index contributed by atoms with van der Waals surface area (Å²) < 4.78 is 52.2. The summed E-state index contributed by atoms with van der Waals surface area (Å²) in [5.41, 5.74) is 1.34. The topological polar surface area (TPSA) is 51.1 Å². The first-order valence-electron chi connectivity index (χ1n) is 10.6. The lowest BCUT2D eigenvalue weighted by Gasteiger charge is -2.16. The zero-order valence-corrected chi connectivity index (χ0v) is 22.2. The van der Waals surface area contributed by atoms with Crippen LogP contribution in [0.15, 0.2) is 80.3 Å². The molecule has 186 valence electrons. The number of carbonyl (C=O) groups is 1. The van der Waals surface area contributed by atoms with Gasteiger partial charge in [0.05, 0.1) is 34.1 Å². The molecule has 1 aliphatic heterocycles. The van der Waals surface area contributed by atoms with Crippen LogP contribution in [0.1, 0.15) is 23.6 Å². The molecule has 1 amide bonds. The molecule has 3 aromatic carbocycles. The molecule has 1 heterocycles. The van der Waals surface area contributed by atoms with Crippen molar-refractivity contribution < 1.29 is 27.4 Å². The second-order valence-electron chi connectivity index (χ2n) is 7.81. The van der Waals surface area contributed by atoms with E-state index < -0.39 is 17.6 Å². The molecule has 0 fully saturated rings. The molecule has 0 saturated heterocycles. The van der Waals surface area contributed by atoms with Crippen LogP contribution in [0.2, 0.25) is 0 Å². The Morgan fingerprint density at radius 2 is 1.75 bits per heavy atom. The molecule has 0 atom stereocenters. The van der Waals surface area contributed by atoms with Crippen LogP contribution in [0.3, 0.4) is 0 Å². The highest BCUT2D eigenvalue weighted by atomic mass is 79.9. The molecule has 36 heavy (non-hydrogen) atoms. The van der Waals surface area contributed by atoms with Crippen molar-refractivity contribution in [2.75, 3.05) is 12.1 Å². The molecule has 0 spiro atoms. The van der Waals surface area contributed by atoms with E-state index in [0.717, 1.165) is 22.7 Å². The highest BCUT2D eigenvalue weighted by Crippen LogP contribution is 2.44. The number of alkyl halides is 3. The lowest BCUT2D eigenvalue weighted by molar-refractivity contribution is -0.137. The first-order chi connectivity index (χ1) is 17.1. The van der Waals surface area contributed by atoms with Gasteiger partial charge in [0.15, 0.2) is 11.5 Å². The fourth-order valence-electron chi connectivity index (χ4n) is 3.55. The molecule has 10 heteroatoms. The summed E-state index contributed by atoms with van der Waals surface area (Å²) in [5.74, 6) is 0.366. The van der Waals surface area contributed by atoms with Gasteiger partial charge in [0.25, 0.3) is 5.91 Å². The van der Waals surface area contributed by atoms with E-state index in [-0.39, 0.29) is 11.3 Å². The lowest BCUT2D eigenvalue weighted by atomic mass is 10.1. The fraction of sp³-hybridized carbons (Fsp3) is 0.154. The summed E-state index contributed by atoms with van der Waals surface area (Å²) in [6.45, 7) is 1.94. The quantitative estimate of drug-likeness (QED) is 0.265. The monoisotopic (exact) mass is 622 g/mol. The molecule has 4 rings (SSSR count). The minimum atomic E-state index is -4.53. The standard InChI is InChI=1S/C26H19Br2F3N2O3/c1-15-20(25(34)33(32-15)19-10-6-9-18(13-19)26(29,30)31)11-17-12-21(35-2)24(23(28)22(17)27)36-14-16-7-4-3-5-8-16/h3-13H,14H2,1-2H3/b20-11-. The highest BCUT2D eigenvalue weighted by Gasteiger charge is 2.34. The smallest absolute Gasteiger partial charge is 0.416 e. The number of amides is 1. The lowest BCUT2D eigenvalue weighted by Crippen LogP contribution is -2.21. The number of nitrogens with zero attached hydrogens (tertiary/aromatic N) is 2. The molecule has 0 saturated carbocycles. The molecule has 0 unspecified atom stereocenters. The molecular weight excluding hydrogens is 605 g/mol. The maximum atomic E-state index is 13.1. The van der Waals surface area contributed by atoms with Crippen molar-refractivity contribution in [3.05, 3.63) is 91.9 Å². The van der Waals surface area contributed by atoms with Crippen molar-refractivity contribution in [1.82, 2.24) is 0 Å². The Balaban J connectivity index is 1.65. The van der Waals surface area contributed by atoms with Gasteiger partial charge in [0.1, 0.15) is 6.61 Å². The van der Waals surface area contributed by atoms with Crippen molar-refractivity contribution in [2.45, 2.75) is 19.7 Å². The van der Waals surface area contributed by atoms with Gasteiger partial charge in [-0.1, -0.05) is 36.4 Å². The predicted octanol–water partition coefficient (Wildman–Crippen LogP) is 7.62. The summed E-state index contributed by atoms with van der Waals surface area (Å²) in [4.78, 5) is 13.1. The summed E-state index contributed by atoms with van der Waals surface area (Å²) in [7, 11) is 1.50. The van der Waals surface area contributed by atoms with Gasteiger partial charge in [0, 0.05) is 4.47 Å². The Kier molecular flexibility index (Phi) is 7.56. The second kappa shape index (κ2) is 10.5. The van der Waals surface area contributed by atoms with Gasteiger partial charge >= 0.3 is 6.18 Å². The van der Waals surface area contributed by atoms with E-state index in [9.17, 15) is 18.0 Å². The van der Waals surface area contributed by atoms with Crippen molar-refractivity contribution in [2.24, 2.45) is 5.10 Å². The number of methoxy groups -OCH3 is 1. The average molecular weight is 624 g/mol. The van der Waals surface area contributed by atoms with Crippen LogP contribution in [0.4, 0.5) is 18.9 Å². The Hall–Kier alpha value is -3.11. The van der Waals surface area contributed by atoms with Gasteiger partial charge < -0.3 is 9.47 Å². The number of hydrazone groups is 1. The van der Waals surface area contributed by atoms with E-state index in [0.29, 0.717) is 38.3 Å². The Labute approximate surface area is 222 Å². The Morgan fingerprint density at radius 3 is 2.42 bits per heavy atom. The number of ether oxygens (including phenoxy) is 2. The predicted molar refractivity (Wildman–Crippen MR) is 139 cm³/mol.